The molecule has 0 bridgehead atoms. The van der Waals surface area contributed by atoms with Gasteiger partial charge in [-0.2, -0.15) is 4.31 Å². The Morgan fingerprint density at radius 1 is 1.04 bits per heavy atom. The molecule has 0 radical (unpaired) electrons. The summed E-state index contributed by atoms with van der Waals surface area (Å²) in [6.07, 6.45) is 0.107. The lowest BCUT2D eigenvalue weighted by Crippen LogP contribution is -2.43. The number of carboxylic acids is 1. The highest BCUT2D eigenvalue weighted by Crippen LogP contribution is 2.20. The van der Waals surface area contributed by atoms with Gasteiger partial charge in [0, 0.05) is 7.05 Å². The highest BCUT2D eigenvalue weighted by molar-refractivity contribution is 7.89. The minimum Gasteiger partial charge on any atom is -0.480 e. The molecule has 0 aromatic heterocycles. The Balaban J connectivity index is 2.27. The van der Waals surface area contributed by atoms with Crippen LogP contribution in [0.3, 0.4) is 0 Å². The number of sulfonamides is 1. The van der Waals surface area contributed by atoms with Crippen molar-refractivity contribution >= 4 is 16.0 Å². The molecule has 0 aliphatic rings. The molecule has 0 aliphatic carbocycles. The van der Waals surface area contributed by atoms with Crippen LogP contribution in [-0.2, 0) is 21.2 Å². The second kappa shape index (κ2) is 7.80. The van der Waals surface area contributed by atoms with Crippen LogP contribution in [-0.4, -0.2) is 36.9 Å². The lowest BCUT2D eigenvalue weighted by molar-refractivity contribution is -0.141. The van der Waals surface area contributed by atoms with E-state index in [1.54, 1.807) is 18.2 Å². The molecule has 0 spiro atoms. The number of hydrogen-bond donors (Lipinski definition) is 1. The van der Waals surface area contributed by atoms with E-state index in [-0.39, 0.29) is 11.3 Å². The van der Waals surface area contributed by atoms with Crippen molar-refractivity contribution in [2.45, 2.75) is 37.1 Å². The van der Waals surface area contributed by atoms with E-state index in [4.69, 9.17) is 0 Å². The van der Waals surface area contributed by atoms with E-state index in [0.29, 0.717) is 5.92 Å². The maximum Gasteiger partial charge on any atom is 0.322 e. The van der Waals surface area contributed by atoms with E-state index in [9.17, 15) is 18.3 Å². The molecule has 0 saturated carbocycles. The fraction of sp³-hybridized carbons (Fsp3) is 0.316. The van der Waals surface area contributed by atoms with Gasteiger partial charge in [0.05, 0.1) is 4.90 Å². The van der Waals surface area contributed by atoms with Gasteiger partial charge in [-0.1, -0.05) is 56.3 Å². The zero-order valence-electron chi connectivity index (χ0n) is 14.6. The minimum atomic E-state index is -3.87. The minimum absolute atomic E-state index is 0.0823. The van der Waals surface area contributed by atoms with Gasteiger partial charge in [-0.05, 0) is 35.6 Å². The fourth-order valence-electron chi connectivity index (χ4n) is 2.56. The third kappa shape index (κ3) is 4.46. The average Bonchev–Trinajstić information content (AvgIpc) is 2.60. The zero-order valence-corrected chi connectivity index (χ0v) is 15.4. The highest BCUT2D eigenvalue weighted by Gasteiger charge is 2.32. The van der Waals surface area contributed by atoms with Gasteiger partial charge in [0.25, 0.3) is 0 Å². The lowest BCUT2D eigenvalue weighted by Gasteiger charge is -2.24. The summed E-state index contributed by atoms with van der Waals surface area (Å²) in [5.74, 6) is -0.791. The molecule has 6 heteroatoms. The summed E-state index contributed by atoms with van der Waals surface area (Å²) in [7, 11) is -2.56. The van der Waals surface area contributed by atoms with Crippen molar-refractivity contribution < 1.29 is 18.3 Å². The van der Waals surface area contributed by atoms with Gasteiger partial charge < -0.3 is 5.11 Å². The van der Waals surface area contributed by atoms with Crippen molar-refractivity contribution in [2.24, 2.45) is 0 Å². The third-order valence-electron chi connectivity index (χ3n) is 4.22. The van der Waals surface area contributed by atoms with Gasteiger partial charge in [-0.25, -0.2) is 8.42 Å². The van der Waals surface area contributed by atoms with E-state index in [0.717, 1.165) is 15.4 Å². The molecule has 0 saturated heterocycles. The predicted octanol–water partition coefficient (Wildman–Crippen LogP) is 3.13. The second-order valence-electron chi connectivity index (χ2n) is 6.29. The number of aliphatic carboxylic acids is 1. The summed E-state index contributed by atoms with van der Waals surface area (Å²) < 4.78 is 26.3. The number of carbonyl (C=O) groups is 1. The molecule has 1 N–H and O–H groups in total. The van der Waals surface area contributed by atoms with Crippen LogP contribution in [0.5, 0.6) is 0 Å². The summed E-state index contributed by atoms with van der Waals surface area (Å²) in [6, 6.07) is 14.3. The van der Waals surface area contributed by atoms with E-state index in [1.165, 1.54) is 19.2 Å². The molecule has 0 fully saturated rings. The summed E-state index contributed by atoms with van der Waals surface area (Å²) >= 11 is 0. The molecule has 1 atom stereocenters. The van der Waals surface area contributed by atoms with Crippen molar-refractivity contribution in [3.8, 4) is 0 Å². The SMILES string of the molecule is CC(C)c1ccc(C[C@H](C(=O)O)N(C)S(=O)(=O)c2ccccc2)cc1. The molecule has 0 amide bonds. The first kappa shape index (κ1) is 19.1. The Morgan fingerprint density at radius 2 is 1.60 bits per heavy atom. The Bertz CT molecular complexity index is 814. The van der Waals surface area contributed by atoms with Gasteiger partial charge in [-0.15, -0.1) is 0 Å². The molecule has 2 rings (SSSR count). The van der Waals surface area contributed by atoms with E-state index < -0.39 is 22.0 Å². The van der Waals surface area contributed by atoms with Crippen LogP contribution in [0.25, 0.3) is 0 Å². The Hall–Kier alpha value is -2.18. The molecular weight excluding hydrogens is 338 g/mol. The summed E-state index contributed by atoms with van der Waals surface area (Å²) in [5, 5.41) is 9.55. The molecule has 0 unspecified atom stereocenters. The number of rotatable bonds is 7. The van der Waals surface area contributed by atoms with Crippen LogP contribution in [0.4, 0.5) is 0 Å². The Morgan fingerprint density at radius 3 is 2.08 bits per heavy atom. The monoisotopic (exact) mass is 361 g/mol. The number of likely N-dealkylation sites (N-methyl/N-ethyl adjacent to an activating group) is 1. The van der Waals surface area contributed by atoms with Crippen LogP contribution in [0.1, 0.15) is 30.9 Å². The molecular formula is C19H23NO4S. The summed E-state index contributed by atoms with van der Waals surface area (Å²) in [4.78, 5) is 11.8. The van der Waals surface area contributed by atoms with Gasteiger partial charge in [0.2, 0.25) is 10.0 Å². The topological polar surface area (TPSA) is 74.7 Å². The summed E-state index contributed by atoms with van der Waals surface area (Å²) in [6.45, 7) is 4.16. The Kier molecular flexibility index (Phi) is 5.98. The zero-order chi connectivity index (χ0) is 18.6. The van der Waals surface area contributed by atoms with Gasteiger partial charge in [0.1, 0.15) is 6.04 Å². The molecule has 134 valence electrons. The highest BCUT2D eigenvalue weighted by atomic mass is 32.2. The first-order valence-electron chi connectivity index (χ1n) is 8.08. The maximum atomic E-state index is 12.7. The summed E-state index contributed by atoms with van der Waals surface area (Å²) in [5.41, 5.74) is 1.94. The number of benzene rings is 2. The van der Waals surface area contributed by atoms with Gasteiger partial charge in [0.15, 0.2) is 0 Å². The third-order valence-corrected chi connectivity index (χ3v) is 6.10. The van der Waals surface area contributed by atoms with Crippen LogP contribution >= 0.6 is 0 Å². The van der Waals surface area contributed by atoms with Crippen molar-refractivity contribution in [3.63, 3.8) is 0 Å². The smallest absolute Gasteiger partial charge is 0.322 e. The van der Waals surface area contributed by atoms with Crippen molar-refractivity contribution in [3.05, 3.63) is 65.7 Å². The molecule has 0 heterocycles. The molecule has 25 heavy (non-hydrogen) atoms. The van der Waals surface area contributed by atoms with Crippen LogP contribution in [0.15, 0.2) is 59.5 Å². The van der Waals surface area contributed by atoms with Crippen LogP contribution < -0.4 is 0 Å². The maximum absolute atomic E-state index is 12.7. The van der Waals surface area contributed by atoms with E-state index >= 15 is 0 Å². The number of nitrogens with zero attached hydrogens (tertiary/aromatic N) is 1. The number of hydrogen-bond acceptors (Lipinski definition) is 3. The quantitative estimate of drug-likeness (QED) is 0.822. The van der Waals surface area contributed by atoms with E-state index in [2.05, 4.69) is 13.8 Å². The standard InChI is InChI=1S/C19H23NO4S/c1-14(2)16-11-9-15(10-12-16)13-18(19(21)22)20(3)25(23,24)17-7-5-4-6-8-17/h4-12,14,18H,13H2,1-3H3,(H,21,22)/t18-/m1/s1. The molecule has 5 nitrogen and oxygen atoms in total. The van der Waals surface area contributed by atoms with Crippen molar-refractivity contribution in [1.29, 1.82) is 0 Å². The Labute approximate surface area is 149 Å². The normalized spacial score (nSPS) is 13.2. The predicted molar refractivity (Wildman–Crippen MR) is 97.0 cm³/mol. The first-order chi connectivity index (χ1) is 11.7. The molecule has 0 aliphatic heterocycles. The van der Waals surface area contributed by atoms with Crippen LogP contribution in [0.2, 0.25) is 0 Å². The molecule has 2 aromatic rings. The fourth-order valence-corrected chi connectivity index (χ4v) is 3.89. The average molecular weight is 361 g/mol. The van der Waals surface area contributed by atoms with Crippen molar-refractivity contribution in [1.82, 2.24) is 4.31 Å². The molecule has 2 aromatic carbocycles. The first-order valence-corrected chi connectivity index (χ1v) is 9.52. The second-order valence-corrected chi connectivity index (χ2v) is 8.29. The lowest BCUT2D eigenvalue weighted by atomic mass is 9.99. The van der Waals surface area contributed by atoms with Crippen LogP contribution in [0, 0.1) is 0 Å². The van der Waals surface area contributed by atoms with Gasteiger partial charge >= 0.3 is 5.97 Å². The van der Waals surface area contributed by atoms with Crippen molar-refractivity contribution in [2.75, 3.05) is 7.05 Å². The van der Waals surface area contributed by atoms with Gasteiger partial charge in [-0.3, -0.25) is 4.79 Å². The largest absolute Gasteiger partial charge is 0.480 e. The van der Waals surface area contributed by atoms with E-state index in [1.807, 2.05) is 24.3 Å². The number of carboxylic acid groups (broad SMARTS) is 1.